The highest BCUT2D eigenvalue weighted by atomic mass is 33.1. The van der Waals surface area contributed by atoms with E-state index in [0.717, 1.165) is 5.75 Å². The minimum Gasteiger partial charge on any atom is -0.0973 e. The summed E-state index contributed by atoms with van der Waals surface area (Å²) in [4.78, 5) is 0. The average molecular weight is 148 g/mol. The SMILES string of the molecule is CSSCC=C(C)C. The molecule has 48 valence electrons. The van der Waals surface area contributed by atoms with Crippen LogP contribution >= 0.6 is 21.6 Å². The molecule has 0 unspecified atom stereocenters. The second-order valence-electron chi connectivity index (χ2n) is 1.73. The van der Waals surface area contributed by atoms with Gasteiger partial charge < -0.3 is 0 Å². The van der Waals surface area contributed by atoms with E-state index in [1.807, 2.05) is 21.6 Å². The zero-order valence-electron chi connectivity index (χ0n) is 5.60. The summed E-state index contributed by atoms with van der Waals surface area (Å²) in [6.07, 6.45) is 4.34. The van der Waals surface area contributed by atoms with Crippen LogP contribution in [0.1, 0.15) is 13.8 Å². The molecule has 0 nitrogen and oxygen atoms in total. The van der Waals surface area contributed by atoms with E-state index < -0.39 is 0 Å². The topological polar surface area (TPSA) is 0 Å². The van der Waals surface area contributed by atoms with Crippen molar-refractivity contribution in [3.63, 3.8) is 0 Å². The first-order chi connectivity index (χ1) is 3.77. The van der Waals surface area contributed by atoms with Gasteiger partial charge in [0.15, 0.2) is 0 Å². The van der Waals surface area contributed by atoms with Gasteiger partial charge in [0.05, 0.1) is 0 Å². The average Bonchev–Trinajstić information content (AvgIpc) is 1.66. The maximum atomic E-state index is 2.24. The summed E-state index contributed by atoms with van der Waals surface area (Å²) < 4.78 is 0. The molecule has 0 rings (SSSR count). The Bertz CT molecular complexity index is 72.6. The summed E-state index contributed by atoms with van der Waals surface area (Å²) in [5.41, 5.74) is 1.41. The maximum absolute atomic E-state index is 2.24. The summed E-state index contributed by atoms with van der Waals surface area (Å²) in [7, 11) is 3.69. The number of allylic oxidation sites excluding steroid dienone is 1. The number of hydrogen-bond donors (Lipinski definition) is 0. The van der Waals surface area contributed by atoms with E-state index in [1.54, 1.807) is 0 Å². The molecule has 0 fully saturated rings. The van der Waals surface area contributed by atoms with Gasteiger partial charge in [0, 0.05) is 5.75 Å². The van der Waals surface area contributed by atoms with Gasteiger partial charge in [-0.05, 0) is 20.1 Å². The van der Waals surface area contributed by atoms with Gasteiger partial charge in [-0.3, -0.25) is 0 Å². The maximum Gasteiger partial charge on any atom is 0.0220 e. The highest BCUT2D eigenvalue weighted by Gasteiger charge is 1.78. The highest BCUT2D eigenvalue weighted by Crippen LogP contribution is 2.16. The molecule has 0 aliphatic carbocycles. The van der Waals surface area contributed by atoms with Crippen molar-refractivity contribution in [2.75, 3.05) is 12.0 Å². The lowest BCUT2D eigenvalue weighted by Gasteiger charge is -1.88. The quantitative estimate of drug-likeness (QED) is 0.343. The van der Waals surface area contributed by atoms with Gasteiger partial charge in [0.25, 0.3) is 0 Å². The lowest BCUT2D eigenvalue weighted by Crippen LogP contribution is -1.67. The highest BCUT2D eigenvalue weighted by molar-refractivity contribution is 8.76. The van der Waals surface area contributed by atoms with Crippen molar-refractivity contribution in [2.45, 2.75) is 13.8 Å². The van der Waals surface area contributed by atoms with E-state index in [4.69, 9.17) is 0 Å². The summed E-state index contributed by atoms with van der Waals surface area (Å²) in [6.45, 7) is 4.25. The van der Waals surface area contributed by atoms with Crippen LogP contribution in [-0.4, -0.2) is 12.0 Å². The first-order valence-electron chi connectivity index (χ1n) is 2.56. The third kappa shape index (κ3) is 6.44. The van der Waals surface area contributed by atoms with E-state index in [0.29, 0.717) is 0 Å². The van der Waals surface area contributed by atoms with Crippen LogP contribution in [0.15, 0.2) is 11.6 Å². The molecule has 0 aromatic heterocycles. The molecule has 0 aliphatic heterocycles. The van der Waals surface area contributed by atoms with Gasteiger partial charge in [-0.2, -0.15) is 0 Å². The summed E-state index contributed by atoms with van der Waals surface area (Å²) in [5, 5.41) is 0. The lowest BCUT2D eigenvalue weighted by atomic mass is 10.3. The third-order valence-corrected chi connectivity index (χ3v) is 2.33. The van der Waals surface area contributed by atoms with Crippen LogP contribution in [0.2, 0.25) is 0 Å². The summed E-state index contributed by atoms with van der Waals surface area (Å²) in [6, 6.07) is 0. The Morgan fingerprint density at radius 2 is 2.12 bits per heavy atom. The molecule has 0 heterocycles. The predicted octanol–water partition coefficient (Wildman–Crippen LogP) is 2.96. The summed E-state index contributed by atoms with van der Waals surface area (Å²) >= 11 is 0. The molecule has 0 radical (unpaired) electrons. The third-order valence-electron chi connectivity index (χ3n) is 0.677. The minimum atomic E-state index is 1.14. The van der Waals surface area contributed by atoms with Crippen LogP contribution < -0.4 is 0 Å². The molecule has 0 spiro atoms. The predicted molar refractivity (Wildman–Crippen MR) is 45.4 cm³/mol. The van der Waals surface area contributed by atoms with Crippen LogP contribution in [0.25, 0.3) is 0 Å². The molecule has 0 aliphatic rings. The Hall–Kier alpha value is 0.440. The molecular formula is C6H12S2. The Morgan fingerprint density at radius 1 is 1.50 bits per heavy atom. The largest absolute Gasteiger partial charge is 0.0973 e. The molecule has 0 bridgehead atoms. The fourth-order valence-corrected chi connectivity index (χ4v) is 1.42. The molecular weight excluding hydrogens is 136 g/mol. The second kappa shape index (κ2) is 5.57. The molecule has 2 heteroatoms. The molecule has 0 saturated carbocycles. The number of rotatable bonds is 3. The first-order valence-corrected chi connectivity index (χ1v) is 5.29. The van der Waals surface area contributed by atoms with E-state index in [1.165, 1.54) is 5.57 Å². The van der Waals surface area contributed by atoms with Gasteiger partial charge in [-0.15, -0.1) is 0 Å². The Balaban J connectivity index is 3.03. The summed E-state index contributed by atoms with van der Waals surface area (Å²) in [5.74, 6) is 1.14. The van der Waals surface area contributed by atoms with E-state index in [2.05, 4.69) is 26.2 Å². The Kier molecular flexibility index (Phi) is 5.88. The Morgan fingerprint density at radius 3 is 2.50 bits per heavy atom. The molecule has 0 aromatic carbocycles. The van der Waals surface area contributed by atoms with Crippen molar-refractivity contribution in [2.24, 2.45) is 0 Å². The van der Waals surface area contributed by atoms with Gasteiger partial charge >= 0.3 is 0 Å². The fourth-order valence-electron chi connectivity index (χ4n) is 0.269. The van der Waals surface area contributed by atoms with Crippen molar-refractivity contribution in [1.82, 2.24) is 0 Å². The zero-order chi connectivity index (χ0) is 6.41. The van der Waals surface area contributed by atoms with Crippen LogP contribution in [0.4, 0.5) is 0 Å². The van der Waals surface area contributed by atoms with Crippen molar-refractivity contribution >= 4 is 21.6 Å². The van der Waals surface area contributed by atoms with Crippen LogP contribution in [0.3, 0.4) is 0 Å². The normalized spacial score (nSPS) is 8.88. The van der Waals surface area contributed by atoms with Gasteiger partial charge in [-0.1, -0.05) is 33.2 Å². The molecule has 0 atom stereocenters. The van der Waals surface area contributed by atoms with Crippen molar-refractivity contribution in [3.8, 4) is 0 Å². The zero-order valence-corrected chi connectivity index (χ0v) is 7.23. The molecule has 0 N–H and O–H groups in total. The Labute approximate surface area is 59.5 Å². The van der Waals surface area contributed by atoms with Crippen molar-refractivity contribution in [1.29, 1.82) is 0 Å². The lowest BCUT2D eigenvalue weighted by molar-refractivity contribution is 1.37. The monoisotopic (exact) mass is 148 g/mol. The second-order valence-corrected chi connectivity index (χ2v) is 4.34. The molecule has 8 heavy (non-hydrogen) atoms. The smallest absolute Gasteiger partial charge is 0.0220 e. The van der Waals surface area contributed by atoms with E-state index >= 15 is 0 Å². The van der Waals surface area contributed by atoms with Crippen molar-refractivity contribution < 1.29 is 0 Å². The first kappa shape index (κ1) is 8.44. The van der Waals surface area contributed by atoms with Gasteiger partial charge in [0.2, 0.25) is 0 Å². The van der Waals surface area contributed by atoms with E-state index in [-0.39, 0.29) is 0 Å². The van der Waals surface area contributed by atoms with Crippen LogP contribution in [0.5, 0.6) is 0 Å². The van der Waals surface area contributed by atoms with Crippen molar-refractivity contribution in [3.05, 3.63) is 11.6 Å². The molecule has 0 amide bonds. The van der Waals surface area contributed by atoms with E-state index in [9.17, 15) is 0 Å². The standard InChI is InChI=1S/C6H12S2/c1-6(2)4-5-8-7-3/h4H,5H2,1-3H3. The molecule has 0 saturated heterocycles. The molecule has 0 aromatic rings. The van der Waals surface area contributed by atoms with Gasteiger partial charge in [-0.25, -0.2) is 0 Å². The number of hydrogen-bond acceptors (Lipinski definition) is 2. The van der Waals surface area contributed by atoms with Crippen LogP contribution in [0, 0.1) is 0 Å². The van der Waals surface area contributed by atoms with Crippen LogP contribution in [-0.2, 0) is 0 Å². The fraction of sp³-hybridized carbons (Fsp3) is 0.667. The minimum absolute atomic E-state index is 1.14. The van der Waals surface area contributed by atoms with Gasteiger partial charge in [0.1, 0.15) is 0 Å².